The van der Waals surface area contributed by atoms with E-state index in [9.17, 15) is 9.18 Å². The minimum atomic E-state index is -0.219. The fourth-order valence-corrected chi connectivity index (χ4v) is 2.78. The van der Waals surface area contributed by atoms with Crippen molar-refractivity contribution >= 4 is 5.91 Å². The van der Waals surface area contributed by atoms with Gasteiger partial charge < -0.3 is 10.6 Å². The molecule has 0 radical (unpaired) electrons. The maximum atomic E-state index is 13.5. The Hall–Kier alpha value is -1.42. The highest BCUT2D eigenvalue weighted by molar-refractivity contribution is 5.76. The molecule has 1 heterocycles. The van der Waals surface area contributed by atoms with E-state index >= 15 is 0 Å². The topological polar surface area (TPSA) is 41.1 Å². The molecule has 0 spiro atoms. The number of rotatable bonds is 5. The monoisotopic (exact) mass is 292 g/mol. The summed E-state index contributed by atoms with van der Waals surface area (Å²) in [5.74, 6) is 0.495. The molecular formula is C17H25FN2O. The molecule has 2 N–H and O–H groups in total. The van der Waals surface area contributed by atoms with Crippen LogP contribution in [0.4, 0.5) is 4.39 Å². The first-order valence-corrected chi connectivity index (χ1v) is 7.82. The Labute approximate surface area is 126 Å². The maximum Gasteiger partial charge on any atom is 0.220 e. The van der Waals surface area contributed by atoms with Gasteiger partial charge >= 0.3 is 0 Å². The molecule has 4 heteroatoms. The van der Waals surface area contributed by atoms with Crippen LogP contribution in [0.1, 0.15) is 49.8 Å². The van der Waals surface area contributed by atoms with Gasteiger partial charge in [-0.1, -0.05) is 12.1 Å². The van der Waals surface area contributed by atoms with Crippen LogP contribution in [0.25, 0.3) is 0 Å². The zero-order valence-electron chi connectivity index (χ0n) is 12.9. The minimum absolute atomic E-state index is 0.0574. The molecule has 1 aromatic rings. The van der Waals surface area contributed by atoms with Gasteiger partial charge in [0.1, 0.15) is 5.82 Å². The second-order valence-corrected chi connectivity index (χ2v) is 6.03. The van der Waals surface area contributed by atoms with Gasteiger partial charge in [0.05, 0.1) is 6.04 Å². The predicted octanol–water partition coefficient (Wildman–Crippen LogP) is 3.09. The first-order valence-electron chi connectivity index (χ1n) is 7.82. The van der Waals surface area contributed by atoms with Crippen LogP contribution >= 0.6 is 0 Å². The van der Waals surface area contributed by atoms with Crippen LogP contribution in [0.15, 0.2) is 18.2 Å². The number of piperidine rings is 1. The molecule has 1 aliphatic rings. The Morgan fingerprint density at radius 1 is 1.43 bits per heavy atom. The van der Waals surface area contributed by atoms with Crippen molar-refractivity contribution in [1.82, 2.24) is 10.6 Å². The number of amides is 1. The smallest absolute Gasteiger partial charge is 0.220 e. The molecule has 1 aliphatic heterocycles. The lowest BCUT2D eigenvalue weighted by Gasteiger charge is -2.22. The van der Waals surface area contributed by atoms with Crippen LogP contribution in [-0.4, -0.2) is 19.0 Å². The molecule has 1 aromatic carbocycles. The molecule has 116 valence electrons. The van der Waals surface area contributed by atoms with Gasteiger partial charge in [-0.05, 0) is 69.3 Å². The fourth-order valence-electron chi connectivity index (χ4n) is 2.78. The van der Waals surface area contributed by atoms with E-state index in [1.54, 1.807) is 13.0 Å². The van der Waals surface area contributed by atoms with Crippen LogP contribution in [0, 0.1) is 18.7 Å². The highest BCUT2D eigenvalue weighted by atomic mass is 19.1. The van der Waals surface area contributed by atoms with Crippen molar-refractivity contribution in [1.29, 1.82) is 0 Å². The van der Waals surface area contributed by atoms with Gasteiger partial charge in [0.25, 0.3) is 0 Å². The summed E-state index contributed by atoms with van der Waals surface area (Å²) in [7, 11) is 0. The van der Waals surface area contributed by atoms with Crippen molar-refractivity contribution in [3.8, 4) is 0 Å². The Balaban J connectivity index is 1.79. The van der Waals surface area contributed by atoms with E-state index in [0.717, 1.165) is 37.9 Å². The summed E-state index contributed by atoms with van der Waals surface area (Å²) >= 11 is 0. The average molecular weight is 292 g/mol. The average Bonchev–Trinajstić information content (AvgIpc) is 2.49. The summed E-state index contributed by atoms with van der Waals surface area (Å²) in [4.78, 5) is 12.0. The van der Waals surface area contributed by atoms with Gasteiger partial charge in [0.15, 0.2) is 0 Å². The lowest BCUT2D eigenvalue weighted by molar-refractivity contribution is -0.122. The Bertz CT molecular complexity index is 484. The van der Waals surface area contributed by atoms with Gasteiger partial charge in [-0.15, -0.1) is 0 Å². The number of benzene rings is 1. The number of hydrogen-bond acceptors (Lipinski definition) is 2. The van der Waals surface area contributed by atoms with E-state index in [1.807, 2.05) is 13.0 Å². The Kier molecular flexibility index (Phi) is 5.74. The zero-order valence-corrected chi connectivity index (χ0v) is 12.9. The third-order valence-electron chi connectivity index (χ3n) is 4.31. The number of halogens is 1. The van der Waals surface area contributed by atoms with E-state index in [2.05, 4.69) is 10.6 Å². The van der Waals surface area contributed by atoms with Crippen molar-refractivity contribution in [2.75, 3.05) is 13.1 Å². The first-order chi connectivity index (χ1) is 10.1. The quantitative estimate of drug-likeness (QED) is 0.875. The molecule has 1 fully saturated rings. The molecule has 1 unspecified atom stereocenters. The van der Waals surface area contributed by atoms with E-state index < -0.39 is 0 Å². The second-order valence-electron chi connectivity index (χ2n) is 6.03. The number of aryl methyl sites for hydroxylation is 1. The zero-order chi connectivity index (χ0) is 15.2. The molecule has 0 saturated carbocycles. The van der Waals surface area contributed by atoms with Gasteiger partial charge in [-0.2, -0.15) is 0 Å². The summed E-state index contributed by atoms with van der Waals surface area (Å²) in [6, 6.07) is 4.98. The van der Waals surface area contributed by atoms with Crippen LogP contribution < -0.4 is 10.6 Å². The third kappa shape index (κ3) is 4.81. The summed E-state index contributed by atoms with van der Waals surface area (Å²) in [5.41, 5.74) is 1.44. The largest absolute Gasteiger partial charge is 0.350 e. The molecule has 1 amide bonds. The SMILES string of the molecule is Cc1ccc(C(C)NC(=O)CCC2CCNCC2)cc1F. The number of carbonyl (C=O) groups excluding carboxylic acids is 1. The highest BCUT2D eigenvalue weighted by Gasteiger charge is 2.16. The van der Waals surface area contributed by atoms with Crippen molar-refractivity contribution in [3.05, 3.63) is 35.1 Å². The van der Waals surface area contributed by atoms with Crippen molar-refractivity contribution in [3.63, 3.8) is 0 Å². The molecule has 0 bridgehead atoms. The summed E-state index contributed by atoms with van der Waals surface area (Å²) in [5, 5.41) is 6.29. The first kappa shape index (κ1) is 16.0. The molecular weight excluding hydrogens is 267 g/mol. The van der Waals surface area contributed by atoms with E-state index in [0.29, 0.717) is 17.9 Å². The van der Waals surface area contributed by atoms with E-state index in [4.69, 9.17) is 0 Å². The molecule has 0 aromatic heterocycles. The van der Waals surface area contributed by atoms with Crippen LogP contribution in [0.2, 0.25) is 0 Å². The minimum Gasteiger partial charge on any atom is -0.350 e. The number of nitrogens with one attached hydrogen (secondary N) is 2. The van der Waals surface area contributed by atoms with Crippen LogP contribution in [0.3, 0.4) is 0 Å². The van der Waals surface area contributed by atoms with E-state index in [-0.39, 0.29) is 17.8 Å². The van der Waals surface area contributed by atoms with Crippen molar-refractivity contribution in [2.24, 2.45) is 5.92 Å². The molecule has 3 nitrogen and oxygen atoms in total. The standard InChI is InChI=1S/C17H25FN2O/c1-12-3-5-15(11-16(12)18)13(2)20-17(21)6-4-14-7-9-19-10-8-14/h3,5,11,13-14,19H,4,6-10H2,1-2H3,(H,20,21). The van der Waals surface area contributed by atoms with Crippen molar-refractivity contribution < 1.29 is 9.18 Å². The Morgan fingerprint density at radius 3 is 2.81 bits per heavy atom. The highest BCUT2D eigenvalue weighted by Crippen LogP contribution is 2.19. The normalized spacial score (nSPS) is 17.5. The van der Waals surface area contributed by atoms with Gasteiger partial charge in [0.2, 0.25) is 5.91 Å². The molecule has 2 rings (SSSR count). The number of carbonyl (C=O) groups is 1. The van der Waals surface area contributed by atoms with Gasteiger partial charge in [0, 0.05) is 6.42 Å². The second kappa shape index (κ2) is 7.55. The summed E-state index contributed by atoms with van der Waals surface area (Å²) in [6.07, 6.45) is 3.82. The Morgan fingerprint density at radius 2 is 2.14 bits per heavy atom. The maximum absolute atomic E-state index is 13.5. The van der Waals surface area contributed by atoms with Crippen molar-refractivity contribution in [2.45, 2.75) is 45.6 Å². The predicted molar refractivity (Wildman–Crippen MR) is 82.5 cm³/mol. The molecule has 1 saturated heterocycles. The fraction of sp³-hybridized carbons (Fsp3) is 0.588. The third-order valence-corrected chi connectivity index (χ3v) is 4.31. The molecule has 0 aliphatic carbocycles. The summed E-state index contributed by atoms with van der Waals surface area (Å²) in [6.45, 7) is 5.75. The summed E-state index contributed by atoms with van der Waals surface area (Å²) < 4.78 is 13.5. The van der Waals surface area contributed by atoms with Gasteiger partial charge in [-0.25, -0.2) is 4.39 Å². The van der Waals surface area contributed by atoms with Crippen LogP contribution in [0.5, 0.6) is 0 Å². The molecule has 1 atom stereocenters. The van der Waals surface area contributed by atoms with E-state index in [1.165, 1.54) is 6.07 Å². The van der Waals surface area contributed by atoms with Gasteiger partial charge in [-0.3, -0.25) is 4.79 Å². The lowest BCUT2D eigenvalue weighted by Crippen LogP contribution is -2.30. The number of hydrogen-bond donors (Lipinski definition) is 2. The van der Waals surface area contributed by atoms with Crippen LogP contribution in [-0.2, 0) is 4.79 Å². The lowest BCUT2D eigenvalue weighted by atomic mass is 9.93. The molecule has 21 heavy (non-hydrogen) atoms.